The van der Waals surface area contributed by atoms with E-state index in [2.05, 4.69) is 10.3 Å². The topological polar surface area (TPSA) is 71.5 Å². The van der Waals surface area contributed by atoms with E-state index in [0.717, 1.165) is 32.0 Å². The van der Waals surface area contributed by atoms with Crippen molar-refractivity contribution in [1.29, 1.82) is 0 Å². The van der Waals surface area contributed by atoms with Gasteiger partial charge in [0.15, 0.2) is 5.13 Å². The lowest BCUT2D eigenvalue weighted by Crippen LogP contribution is -2.08. The number of thiazole rings is 1. The van der Waals surface area contributed by atoms with Crippen molar-refractivity contribution in [3.63, 3.8) is 0 Å². The molecule has 0 aliphatic rings. The minimum absolute atomic E-state index is 0.166. The smallest absolute Gasteiger partial charge is 0.305 e. The first-order chi connectivity index (χ1) is 10.5. The third-order valence-corrected chi connectivity index (χ3v) is 4.87. The van der Waals surface area contributed by atoms with Crippen LogP contribution in [0.25, 0.3) is 10.2 Å². The molecule has 0 unspecified atom stereocenters. The van der Waals surface area contributed by atoms with Crippen molar-refractivity contribution < 1.29 is 14.6 Å². The van der Waals surface area contributed by atoms with Crippen LogP contribution in [0.2, 0.25) is 0 Å². The lowest BCUT2D eigenvalue weighted by molar-refractivity contribution is -0.143. The van der Waals surface area contributed by atoms with Crippen molar-refractivity contribution in [2.24, 2.45) is 0 Å². The van der Waals surface area contributed by atoms with E-state index in [4.69, 9.17) is 4.74 Å². The zero-order valence-electron chi connectivity index (χ0n) is 13.4. The summed E-state index contributed by atoms with van der Waals surface area (Å²) >= 11 is 1.53. The van der Waals surface area contributed by atoms with Crippen LogP contribution in [0.3, 0.4) is 0 Å². The normalized spacial score (nSPS) is 10.9. The summed E-state index contributed by atoms with van der Waals surface area (Å²) in [6.07, 6.45) is 1.11. The molecular weight excluding hydrogens is 300 g/mol. The van der Waals surface area contributed by atoms with Crippen molar-refractivity contribution in [1.82, 2.24) is 4.98 Å². The molecule has 0 aliphatic heterocycles. The van der Waals surface area contributed by atoms with Crippen molar-refractivity contribution in [3.05, 3.63) is 16.7 Å². The Morgan fingerprint density at radius 2 is 2.00 bits per heavy atom. The Labute approximate surface area is 134 Å². The third-order valence-electron chi connectivity index (χ3n) is 3.74. The molecule has 0 saturated carbocycles. The van der Waals surface area contributed by atoms with E-state index in [0.29, 0.717) is 31.7 Å². The van der Waals surface area contributed by atoms with Gasteiger partial charge in [-0.2, -0.15) is 0 Å². The molecule has 1 aromatic heterocycles. The van der Waals surface area contributed by atoms with E-state index >= 15 is 0 Å². The maximum atomic E-state index is 11.3. The highest BCUT2D eigenvalue weighted by molar-refractivity contribution is 7.22. The first-order valence-electron chi connectivity index (χ1n) is 7.44. The number of aromatic nitrogens is 1. The van der Waals surface area contributed by atoms with Crippen LogP contribution in [0.5, 0.6) is 5.75 Å². The second-order valence-electron chi connectivity index (χ2n) is 5.26. The predicted octanol–water partition coefficient (Wildman–Crippen LogP) is 3.68. The molecule has 0 fully saturated rings. The second-order valence-corrected chi connectivity index (χ2v) is 6.25. The molecule has 2 aromatic rings. The zero-order chi connectivity index (χ0) is 16.3. The monoisotopic (exact) mass is 322 g/mol. The lowest BCUT2D eigenvalue weighted by atomic mass is 10.0. The number of anilines is 1. The molecule has 5 nitrogen and oxygen atoms in total. The molecule has 2 N–H and O–H groups in total. The standard InChI is InChI=1S/C16H22N2O3S/c1-5-21-12(19)7-6-8-17-16-18-13-9(2)10(3)14(20)11(4)15(13)22-16/h20H,5-8H2,1-4H3,(H,17,18). The van der Waals surface area contributed by atoms with Crippen LogP contribution < -0.4 is 5.32 Å². The van der Waals surface area contributed by atoms with Crippen LogP contribution in [-0.2, 0) is 9.53 Å². The highest BCUT2D eigenvalue weighted by Crippen LogP contribution is 2.38. The molecule has 0 radical (unpaired) electrons. The molecule has 6 heteroatoms. The number of carbonyl (C=O) groups excluding carboxylic acids is 1. The molecule has 1 aromatic carbocycles. The maximum Gasteiger partial charge on any atom is 0.305 e. The zero-order valence-corrected chi connectivity index (χ0v) is 14.3. The molecule has 0 atom stereocenters. The molecule has 22 heavy (non-hydrogen) atoms. The van der Waals surface area contributed by atoms with Crippen molar-refractivity contribution in [2.75, 3.05) is 18.5 Å². The van der Waals surface area contributed by atoms with E-state index in [1.807, 2.05) is 20.8 Å². The molecule has 0 aliphatic carbocycles. The molecule has 0 saturated heterocycles. The number of nitrogens with zero attached hydrogens (tertiary/aromatic N) is 1. The molecule has 0 spiro atoms. The Bertz CT molecular complexity index is 649. The fourth-order valence-corrected chi connectivity index (χ4v) is 3.36. The summed E-state index contributed by atoms with van der Waals surface area (Å²) < 4.78 is 5.90. The van der Waals surface area contributed by atoms with Gasteiger partial charge in [0.2, 0.25) is 0 Å². The summed E-state index contributed by atoms with van der Waals surface area (Å²) in [5, 5.41) is 14.2. The molecule has 2 rings (SSSR count). The van der Waals surface area contributed by atoms with Gasteiger partial charge in [-0.15, -0.1) is 0 Å². The van der Waals surface area contributed by atoms with E-state index in [-0.39, 0.29) is 5.97 Å². The van der Waals surface area contributed by atoms with Crippen molar-refractivity contribution in [3.8, 4) is 5.75 Å². The maximum absolute atomic E-state index is 11.3. The molecule has 120 valence electrons. The van der Waals surface area contributed by atoms with Crippen molar-refractivity contribution in [2.45, 2.75) is 40.5 Å². The van der Waals surface area contributed by atoms with Gasteiger partial charge in [0.1, 0.15) is 5.75 Å². The Morgan fingerprint density at radius 1 is 1.27 bits per heavy atom. The van der Waals surface area contributed by atoms with Gasteiger partial charge in [0, 0.05) is 18.5 Å². The third kappa shape index (κ3) is 3.32. The number of phenols is 1. The SMILES string of the molecule is CCOC(=O)CCCNc1nc2c(C)c(C)c(O)c(C)c2s1. The van der Waals surface area contributed by atoms with Gasteiger partial charge in [-0.05, 0) is 45.2 Å². The number of benzene rings is 1. The number of hydrogen-bond acceptors (Lipinski definition) is 6. The van der Waals surface area contributed by atoms with Crippen LogP contribution in [0, 0.1) is 20.8 Å². The number of aromatic hydroxyl groups is 1. The van der Waals surface area contributed by atoms with E-state index in [9.17, 15) is 9.90 Å². The Morgan fingerprint density at radius 3 is 2.68 bits per heavy atom. The number of ether oxygens (including phenoxy) is 1. The van der Waals surface area contributed by atoms with Gasteiger partial charge in [0.05, 0.1) is 16.8 Å². The Kier molecular flexibility index (Phi) is 5.24. The largest absolute Gasteiger partial charge is 0.507 e. The number of phenolic OH excluding ortho intramolecular Hbond substituents is 1. The highest BCUT2D eigenvalue weighted by Gasteiger charge is 2.15. The second kappa shape index (κ2) is 6.96. The number of rotatable bonds is 6. The average Bonchev–Trinajstić information content (AvgIpc) is 2.92. The molecule has 0 bridgehead atoms. The minimum atomic E-state index is -0.166. The fraction of sp³-hybridized carbons (Fsp3) is 0.500. The highest BCUT2D eigenvalue weighted by atomic mass is 32.1. The Hall–Kier alpha value is -1.82. The summed E-state index contributed by atoms with van der Waals surface area (Å²) in [4.78, 5) is 15.9. The summed E-state index contributed by atoms with van der Waals surface area (Å²) in [5.74, 6) is 0.184. The van der Waals surface area contributed by atoms with E-state index < -0.39 is 0 Å². The number of carbonyl (C=O) groups is 1. The summed E-state index contributed by atoms with van der Waals surface area (Å²) in [5.41, 5.74) is 3.69. The number of aryl methyl sites for hydroxylation is 2. The summed E-state index contributed by atoms with van der Waals surface area (Å²) in [6, 6.07) is 0. The quantitative estimate of drug-likeness (QED) is 0.627. The van der Waals surface area contributed by atoms with Crippen LogP contribution in [0.4, 0.5) is 5.13 Å². The average molecular weight is 322 g/mol. The van der Waals surface area contributed by atoms with Gasteiger partial charge in [0.25, 0.3) is 0 Å². The minimum Gasteiger partial charge on any atom is -0.507 e. The van der Waals surface area contributed by atoms with Gasteiger partial charge < -0.3 is 15.2 Å². The number of fused-ring (bicyclic) bond motifs is 1. The first-order valence-corrected chi connectivity index (χ1v) is 8.26. The number of nitrogens with one attached hydrogen (secondary N) is 1. The van der Waals surface area contributed by atoms with Crippen molar-refractivity contribution >= 4 is 32.7 Å². The molecule has 0 amide bonds. The lowest BCUT2D eigenvalue weighted by Gasteiger charge is -2.07. The Balaban J connectivity index is 2.06. The number of esters is 1. The van der Waals surface area contributed by atoms with Gasteiger partial charge in [-0.1, -0.05) is 11.3 Å². The van der Waals surface area contributed by atoms with Crippen LogP contribution in [0.15, 0.2) is 0 Å². The first kappa shape index (κ1) is 16.5. The van der Waals surface area contributed by atoms with Gasteiger partial charge in [-0.25, -0.2) is 4.98 Å². The van der Waals surface area contributed by atoms with E-state index in [1.165, 1.54) is 11.3 Å². The number of hydrogen-bond donors (Lipinski definition) is 2. The summed E-state index contributed by atoms with van der Waals surface area (Å²) in [6.45, 7) is 8.68. The molecule has 1 heterocycles. The fourth-order valence-electron chi connectivity index (χ4n) is 2.31. The van der Waals surface area contributed by atoms with Crippen LogP contribution in [-0.4, -0.2) is 29.2 Å². The molecular formula is C16H22N2O3S. The van der Waals surface area contributed by atoms with E-state index in [1.54, 1.807) is 6.92 Å². The predicted molar refractivity (Wildman–Crippen MR) is 89.9 cm³/mol. The van der Waals surface area contributed by atoms with Gasteiger partial charge >= 0.3 is 5.97 Å². The summed E-state index contributed by atoms with van der Waals surface area (Å²) in [7, 11) is 0. The van der Waals surface area contributed by atoms with Gasteiger partial charge in [-0.3, -0.25) is 4.79 Å². The van der Waals surface area contributed by atoms with Crippen LogP contribution in [0.1, 0.15) is 36.5 Å². The van der Waals surface area contributed by atoms with Crippen LogP contribution >= 0.6 is 11.3 Å².